The van der Waals surface area contributed by atoms with E-state index in [2.05, 4.69) is 5.32 Å². The fourth-order valence-corrected chi connectivity index (χ4v) is 2.53. The summed E-state index contributed by atoms with van der Waals surface area (Å²) < 4.78 is 13.8. The first-order chi connectivity index (χ1) is 11.3. The summed E-state index contributed by atoms with van der Waals surface area (Å²) >= 11 is 0. The number of amides is 1. The second kappa shape index (κ2) is 7.35. The molecule has 0 aliphatic carbocycles. The molecule has 0 saturated carbocycles. The molecule has 0 unspecified atom stereocenters. The summed E-state index contributed by atoms with van der Waals surface area (Å²) in [5, 5.41) is 12.0. The zero-order valence-corrected chi connectivity index (χ0v) is 14.3. The van der Waals surface area contributed by atoms with Crippen molar-refractivity contribution in [3.8, 4) is 6.07 Å². The Balaban J connectivity index is 2.00. The highest BCUT2D eigenvalue weighted by atomic mass is 19.1. The fraction of sp³-hybridized carbons (Fsp3) is 0.444. The predicted molar refractivity (Wildman–Crippen MR) is 91.8 cm³/mol. The number of piperazine rings is 1. The third kappa shape index (κ3) is 4.72. The summed E-state index contributed by atoms with van der Waals surface area (Å²) in [6.45, 7) is 8.13. The van der Waals surface area contributed by atoms with E-state index in [0.717, 1.165) is 0 Å². The number of para-hydroxylation sites is 1. The van der Waals surface area contributed by atoms with E-state index in [9.17, 15) is 14.4 Å². The molecule has 0 atom stereocenters. The molecule has 1 aliphatic rings. The molecule has 0 spiro atoms. The third-order valence-corrected chi connectivity index (χ3v) is 3.67. The van der Waals surface area contributed by atoms with Gasteiger partial charge in [0.25, 0.3) is 5.91 Å². The van der Waals surface area contributed by atoms with Crippen LogP contribution < -0.4 is 10.2 Å². The maximum atomic E-state index is 13.8. The fourth-order valence-electron chi connectivity index (χ4n) is 2.53. The van der Waals surface area contributed by atoms with E-state index < -0.39 is 5.54 Å². The van der Waals surface area contributed by atoms with Crippen LogP contribution in [-0.4, -0.2) is 42.5 Å². The molecule has 1 aromatic carbocycles. The highest BCUT2D eigenvalue weighted by molar-refractivity contribution is 5.97. The molecule has 1 aliphatic heterocycles. The standard InChI is InChI=1S/C18H23FN4O/c1-18(2,3)21-17(24)14(12-20)13-22-8-10-23(11-9-22)16-7-5-4-6-15(16)19/h4-7,13H,8-11H2,1-3H3,(H,21,24)/b14-13-. The van der Waals surface area contributed by atoms with E-state index in [0.29, 0.717) is 31.9 Å². The van der Waals surface area contributed by atoms with Gasteiger partial charge in [0.05, 0.1) is 5.69 Å². The highest BCUT2D eigenvalue weighted by Crippen LogP contribution is 2.20. The largest absolute Gasteiger partial charge is 0.373 e. The van der Waals surface area contributed by atoms with Crippen LogP contribution in [0.3, 0.4) is 0 Å². The molecular formula is C18H23FN4O. The number of hydrogen-bond acceptors (Lipinski definition) is 4. The number of rotatable bonds is 3. The smallest absolute Gasteiger partial charge is 0.263 e. The third-order valence-electron chi connectivity index (χ3n) is 3.67. The monoisotopic (exact) mass is 330 g/mol. The lowest BCUT2D eigenvalue weighted by Gasteiger charge is -2.35. The molecule has 1 saturated heterocycles. The number of nitriles is 1. The highest BCUT2D eigenvalue weighted by Gasteiger charge is 2.21. The first-order valence-electron chi connectivity index (χ1n) is 7.98. The Morgan fingerprint density at radius 1 is 1.25 bits per heavy atom. The first kappa shape index (κ1) is 17.8. The lowest BCUT2D eigenvalue weighted by molar-refractivity contribution is -0.118. The summed E-state index contributed by atoms with van der Waals surface area (Å²) in [6, 6.07) is 8.66. The van der Waals surface area contributed by atoms with Crippen molar-refractivity contribution in [3.05, 3.63) is 41.9 Å². The van der Waals surface area contributed by atoms with Crippen LogP contribution in [0.2, 0.25) is 0 Å². The molecule has 6 heteroatoms. The van der Waals surface area contributed by atoms with Gasteiger partial charge >= 0.3 is 0 Å². The number of hydrogen-bond donors (Lipinski definition) is 1. The summed E-state index contributed by atoms with van der Waals surface area (Å²) in [5.74, 6) is -0.606. The molecular weight excluding hydrogens is 307 g/mol. The Kier molecular flexibility index (Phi) is 5.45. The molecule has 1 fully saturated rings. The maximum Gasteiger partial charge on any atom is 0.263 e. The number of anilines is 1. The summed E-state index contributed by atoms with van der Waals surface area (Å²) in [4.78, 5) is 16.0. The molecule has 2 rings (SSSR count). The molecule has 0 aromatic heterocycles. The molecule has 0 bridgehead atoms. The zero-order chi connectivity index (χ0) is 17.7. The molecule has 0 radical (unpaired) electrons. The van der Waals surface area contributed by atoms with Crippen molar-refractivity contribution >= 4 is 11.6 Å². The van der Waals surface area contributed by atoms with Crippen molar-refractivity contribution in [2.24, 2.45) is 0 Å². The summed E-state index contributed by atoms with van der Waals surface area (Å²) in [5.41, 5.74) is 0.285. The van der Waals surface area contributed by atoms with Crippen LogP contribution in [-0.2, 0) is 4.79 Å². The molecule has 1 heterocycles. The molecule has 1 aromatic rings. The van der Waals surface area contributed by atoms with Crippen LogP contribution in [0.4, 0.5) is 10.1 Å². The second-order valence-electron chi connectivity index (χ2n) is 6.83. The van der Waals surface area contributed by atoms with Crippen molar-refractivity contribution in [2.45, 2.75) is 26.3 Å². The number of benzene rings is 1. The number of carbonyl (C=O) groups excluding carboxylic acids is 1. The average Bonchev–Trinajstić information content (AvgIpc) is 2.52. The van der Waals surface area contributed by atoms with Crippen LogP contribution in [0.5, 0.6) is 0 Å². The molecule has 24 heavy (non-hydrogen) atoms. The Hall–Kier alpha value is -2.55. The first-order valence-corrected chi connectivity index (χ1v) is 7.98. The predicted octanol–water partition coefficient (Wildman–Crippen LogP) is 2.27. The van der Waals surface area contributed by atoms with Crippen LogP contribution in [0.15, 0.2) is 36.0 Å². The van der Waals surface area contributed by atoms with Gasteiger partial charge in [0.15, 0.2) is 0 Å². The molecule has 1 N–H and O–H groups in total. The quantitative estimate of drug-likeness (QED) is 0.682. The Morgan fingerprint density at radius 3 is 2.42 bits per heavy atom. The molecule has 5 nitrogen and oxygen atoms in total. The average molecular weight is 330 g/mol. The number of nitrogens with zero attached hydrogens (tertiary/aromatic N) is 3. The van der Waals surface area contributed by atoms with Crippen LogP contribution in [0.25, 0.3) is 0 Å². The van der Waals surface area contributed by atoms with Crippen molar-refractivity contribution in [1.82, 2.24) is 10.2 Å². The Morgan fingerprint density at radius 2 is 1.88 bits per heavy atom. The van der Waals surface area contributed by atoms with Gasteiger partial charge < -0.3 is 15.1 Å². The second-order valence-corrected chi connectivity index (χ2v) is 6.83. The van der Waals surface area contributed by atoms with E-state index in [1.54, 1.807) is 18.3 Å². The van der Waals surface area contributed by atoms with E-state index in [1.165, 1.54) is 6.07 Å². The van der Waals surface area contributed by atoms with Gasteiger partial charge in [0, 0.05) is 37.9 Å². The van der Waals surface area contributed by atoms with Gasteiger partial charge in [0.2, 0.25) is 0 Å². The van der Waals surface area contributed by atoms with Crippen molar-refractivity contribution in [2.75, 3.05) is 31.1 Å². The van der Waals surface area contributed by atoms with Gasteiger partial charge in [-0.3, -0.25) is 4.79 Å². The van der Waals surface area contributed by atoms with Gasteiger partial charge in [-0.25, -0.2) is 4.39 Å². The summed E-state index contributed by atoms with van der Waals surface area (Å²) in [7, 11) is 0. The zero-order valence-electron chi connectivity index (χ0n) is 14.3. The molecule has 1 amide bonds. The van der Waals surface area contributed by atoms with Gasteiger partial charge in [-0.2, -0.15) is 5.26 Å². The van der Waals surface area contributed by atoms with E-state index in [-0.39, 0.29) is 17.3 Å². The van der Waals surface area contributed by atoms with Crippen molar-refractivity contribution in [3.63, 3.8) is 0 Å². The van der Waals surface area contributed by atoms with Crippen LogP contribution >= 0.6 is 0 Å². The Bertz CT molecular complexity index is 664. The van der Waals surface area contributed by atoms with E-state index in [1.807, 2.05) is 42.7 Å². The molecule has 128 valence electrons. The van der Waals surface area contributed by atoms with Crippen LogP contribution in [0, 0.1) is 17.1 Å². The lowest BCUT2D eigenvalue weighted by atomic mass is 10.1. The SMILES string of the molecule is CC(C)(C)NC(=O)/C(C#N)=C\N1CCN(c2ccccc2F)CC1. The number of carbonyl (C=O) groups is 1. The van der Waals surface area contributed by atoms with Crippen molar-refractivity contribution < 1.29 is 9.18 Å². The van der Waals surface area contributed by atoms with Gasteiger partial charge in [0.1, 0.15) is 17.5 Å². The number of halogens is 1. The Labute approximate surface area is 142 Å². The van der Waals surface area contributed by atoms with E-state index in [4.69, 9.17) is 0 Å². The van der Waals surface area contributed by atoms with E-state index >= 15 is 0 Å². The van der Waals surface area contributed by atoms with Crippen molar-refractivity contribution in [1.29, 1.82) is 5.26 Å². The maximum absolute atomic E-state index is 13.8. The lowest BCUT2D eigenvalue weighted by Crippen LogP contribution is -2.45. The summed E-state index contributed by atoms with van der Waals surface area (Å²) in [6.07, 6.45) is 1.60. The topological polar surface area (TPSA) is 59.4 Å². The minimum Gasteiger partial charge on any atom is -0.373 e. The van der Waals surface area contributed by atoms with Gasteiger partial charge in [-0.05, 0) is 32.9 Å². The van der Waals surface area contributed by atoms with Gasteiger partial charge in [-0.15, -0.1) is 0 Å². The normalized spacial score (nSPS) is 15.9. The minimum absolute atomic E-state index is 0.0873. The number of nitrogens with one attached hydrogen (secondary N) is 1. The van der Waals surface area contributed by atoms with Gasteiger partial charge in [-0.1, -0.05) is 12.1 Å². The minimum atomic E-state index is -0.392. The van der Waals surface area contributed by atoms with Crippen LogP contribution in [0.1, 0.15) is 20.8 Å².